The summed E-state index contributed by atoms with van der Waals surface area (Å²) in [6, 6.07) is 8.39. The summed E-state index contributed by atoms with van der Waals surface area (Å²) in [5, 5.41) is 0. The van der Waals surface area contributed by atoms with E-state index in [2.05, 4.69) is 43.4 Å². The minimum atomic E-state index is -0.491. The Labute approximate surface area is 145 Å². The summed E-state index contributed by atoms with van der Waals surface area (Å²) in [7, 11) is 0. The van der Waals surface area contributed by atoms with E-state index in [-0.39, 0.29) is 12.1 Å². The van der Waals surface area contributed by atoms with Crippen LogP contribution in [0.25, 0.3) is 6.08 Å². The largest absolute Gasteiger partial charge is 0.443 e. The molecule has 2 aliphatic rings. The molecule has 3 heteroatoms. The predicted octanol–water partition coefficient (Wildman–Crippen LogP) is 5.70. The van der Waals surface area contributed by atoms with Gasteiger partial charge in [0.1, 0.15) is 5.60 Å². The number of fused-ring (bicyclic) bond motifs is 3. The van der Waals surface area contributed by atoms with Gasteiger partial charge in [-0.3, -0.25) is 4.90 Å². The van der Waals surface area contributed by atoms with E-state index in [1.54, 1.807) is 0 Å². The molecule has 1 aliphatic heterocycles. The first-order chi connectivity index (χ1) is 11.4. The first kappa shape index (κ1) is 16.8. The van der Waals surface area contributed by atoms with Crippen LogP contribution in [0.4, 0.5) is 4.79 Å². The van der Waals surface area contributed by atoms with Crippen molar-refractivity contribution in [3.8, 4) is 0 Å². The van der Waals surface area contributed by atoms with Crippen molar-refractivity contribution < 1.29 is 9.53 Å². The van der Waals surface area contributed by atoms with Crippen molar-refractivity contribution in [2.45, 2.75) is 58.6 Å². The van der Waals surface area contributed by atoms with E-state index in [4.69, 9.17) is 4.74 Å². The summed E-state index contributed by atoms with van der Waals surface area (Å²) in [5.41, 5.74) is 3.02. The first-order valence-corrected chi connectivity index (χ1v) is 8.89. The normalized spacial score (nSPS) is 24.0. The number of carbonyl (C=O) groups excluding carboxylic acids is 1. The van der Waals surface area contributed by atoms with E-state index < -0.39 is 5.60 Å². The van der Waals surface area contributed by atoms with Gasteiger partial charge in [-0.1, -0.05) is 55.8 Å². The monoisotopic (exact) mass is 325 g/mol. The summed E-state index contributed by atoms with van der Waals surface area (Å²) in [4.78, 5) is 14.8. The van der Waals surface area contributed by atoms with E-state index in [0.717, 1.165) is 25.0 Å². The molecule has 0 saturated carbocycles. The number of unbranched alkanes of at least 4 members (excludes halogenated alkanes) is 1. The maximum absolute atomic E-state index is 12.9. The van der Waals surface area contributed by atoms with E-state index in [0.29, 0.717) is 5.92 Å². The second kappa shape index (κ2) is 6.46. The fourth-order valence-electron chi connectivity index (χ4n) is 3.56. The Morgan fingerprint density at radius 3 is 2.79 bits per heavy atom. The van der Waals surface area contributed by atoms with Crippen molar-refractivity contribution in [1.82, 2.24) is 4.90 Å². The lowest BCUT2D eigenvalue weighted by Crippen LogP contribution is -2.37. The van der Waals surface area contributed by atoms with Crippen LogP contribution in [0.3, 0.4) is 0 Å². The van der Waals surface area contributed by atoms with Gasteiger partial charge in [-0.05, 0) is 44.7 Å². The number of hydrogen-bond donors (Lipinski definition) is 0. The van der Waals surface area contributed by atoms with Crippen LogP contribution >= 0.6 is 0 Å². The molecule has 0 unspecified atom stereocenters. The lowest BCUT2D eigenvalue weighted by Gasteiger charge is -2.33. The van der Waals surface area contributed by atoms with Crippen LogP contribution in [-0.2, 0) is 4.74 Å². The van der Waals surface area contributed by atoms with Crippen molar-refractivity contribution in [1.29, 1.82) is 0 Å². The number of ether oxygens (including phenoxy) is 1. The zero-order valence-electron chi connectivity index (χ0n) is 15.1. The molecule has 128 valence electrons. The summed E-state index contributed by atoms with van der Waals surface area (Å²) in [5.74, 6) is 0.329. The second-order valence-electron chi connectivity index (χ2n) is 7.64. The zero-order valence-corrected chi connectivity index (χ0v) is 15.1. The van der Waals surface area contributed by atoms with Crippen molar-refractivity contribution in [3.63, 3.8) is 0 Å². The molecule has 1 fully saturated rings. The van der Waals surface area contributed by atoms with Gasteiger partial charge in [0.25, 0.3) is 0 Å². The van der Waals surface area contributed by atoms with Crippen LogP contribution in [0.5, 0.6) is 0 Å². The first-order valence-electron chi connectivity index (χ1n) is 8.89. The molecule has 0 aromatic heterocycles. The number of nitrogens with zero attached hydrogens (tertiary/aromatic N) is 1. The molecule has 0 bridgehead atoms. The average molecular weight is 325 g/mol. The van der Waals surface area contributed by atoms with Gasteiger partial charge in [0.15, 0.2) is 0 Å². The maximum Gasteiger partial charge on any atom is 0.415 e. The average Bonchev–Trinajstić information content (AvgIpc) is 2.90. The third kappa shape index (κ3) is 3.26. The summed E-state index contributed by atoms with van der Waals surface area (Å²) in [6.07, 6.45) is 9.37. The number of rotatable bonds is 2. The fourth-order valence-corrected chi connectivity index (χ4v) is 3.56. The van der Waals surface area contributed by atoms with Gasteiger partial charge in [-0.2, -0.15) is 0 Å². The van der Waals surface area contributed by atoms with Crippen molar-refractivity contribution >= 4 is 12.2 Å². The number of amides is 1. The highest BCUT2D eigenvalue weighted by Gasteiger charge is 2.43. The standard InChI is InChI=1S/C21H27NO2/c1-5-6-10-17-14-16-13-12-15-9-7-8-11-18(15)19(16)22(17)20(23)24-21(2,3)4/h7-13,16,19H,5-6,14H2,1-4H3/b17-10+/t16-,19+/m1/s1. The third-order valence-electron chi connectivity index (χ3n) is 4.53. The van der Waals surface area contributed by atoms with Crippen LogP contribution in [0.15, 0.2) is 42.1 Å². The topological polar surface area (TPSA) is 29.5 Å². The number of hydrogen-bond acceptors (Lipinski definition) is 2. The molecule has 3 rings (SSSR count). The van der Waals surface area contributed by atoms with E-state index in [9.17, 15) is 4.79 Å². The number of carbonyl (C=O) groups is 1. The summed E-state index contributed by atoms with van der Waals surface area (Å²) in [6.45, 7) is 7.92. The Balaban J connectivity index is 2.00. The van der Waals surface area contributed by atoms with Gasteiger partial charge >= 0.3 is 6.09 Å². The van der Waals surface area contributed by atoms with Crippen molar-refractivity contribution in [3.05, 3.63) is 53.2 Å². The lowest BCUT2D eigenvalue weighted by molar-refractivity contribution is 0.0262. The molecule has 0 N–H and O–H groups in total. The van der Waals surface area contributed by atoms with E-state index in [1.165, 1.54) is 11.1 Å². The minimum Gasteiger partial charge on any atom is -0.443 e. The Morgan fingerprint density at radius 2 is 2.08 bits per heavy atom. The summed E-state index contributed by atoms with van der Waals surface area (Å²) < 4.78 is 5.72. The summed E-state index contributed by atoms with van der Waals surface area (Å²) >= 11 is 0. The highest BCUT2D eigenvalue weighted by Crippen LogP contribution is 2.48. The van der Waals surface area contributed by atoms with Crippen molar-refractivity contribution in [2.75, 3.05) is 0 Å². The molecular weight excluding hydrogens is 298 g/mol. The molecular formula is C21H27NO2. The van der Waals surface area contributed by atoms with Gasteiger partial charge in [0, 0.05) is 11.6 Å². The molecule has 0 spiro atoms. The molecule has 1 saturated heterocycles. The maximum atomic E-state index is 12.9. The molecule has 2 atom stereocenters. The SMILES string of the molecule is CCC/C=C1\C[C@H]2C=Cc3ccccc3[C@H]2N1C(=O)OC(C)(C)C. The highest BCUT2D eigenvalue weighted by molar-refractivity contribution is 5.74. The number of likely N-dealkylation sites (tertiary alicyclic amines) is 1. The van der Waals surface area contributed by atoms with Gasteiger partial charge in [-0.15, -0.1) is 0 Å². The quantitative estimate of drug-likeness (QED) is 0.698. The molecule has 1 amide bonds. The highest BCUT2D eigenvalue weighted by atomic mass is 16.6. The Morgan fingerprint density at radius 1 is 1.33 bits per heavy atom. The van der Waals surface area contributed by atoms with Gasteiger partial charge in [0.05, 0.1) is 6.04 Å². The molecule has 0 radical (unpaired) electrons. The van der Waals surface area contributed by atoms with Crippen LogP contribution in [0.2, 0.25) is 0 Å². The molecule has 3 nitrogen and oxygen atoms in total. The lowest BCUT2D eigenvalue weighted by atomic mass is 9.85. The van der Waals surface area contributed by atoms with Crippen LogP contribution in [-0.4, -0.2) is 16.6 Å². The van der Waals surface area contributed by atoms with Gasteiger partial charge in [0.2, 0.25) is 0 Å². The Hall–Kier alpha value is -2.03. The van der Waals surface area contributed by atoms with Crippen LogP contribution < -0.4 is 0 Å². The molecule has 1 aromatic rings. The third-order valence-corrected chi connectivity index (χ3v) is 4.53. The minimum absolute atomic E-state index is 0.0455. The van der Waals surface area contributed by atoms with E-state index in [1.807, 2.05) is 31.7 Å². The Bertz CT molecular complexity index is 681. The molecule has 1 aliphatic carbocycles. The van der Waals surface area contributed by atoms with Gasteiger partial charge < -0.3 is 4.74 Å². The second-order valence-corrected chi connectivity index (χ2v) is 7.64. The van der Waals surface area contributed by atoms with Crippen molar-refractivity contribution in [2.24, 2.45) is 5.92 Å². The van der Waals surface area contributed by atoms with Crippen LogP contribution in [0.1, 0.15) is 64.1 Å². The predicted molar refractivity (Wildman–Crippen MR) is 97.4 cm³/mol. The van der Waals surface area contributed by atoms with Gasteiger partial charge in [-0.25, -0.2) is 4.79 Å². The molecule has 1 heterocycles. The molecule has 24 heavy (non-hydrogen) atoms. The number of benzene rings is 1. The fraction of sp³-hybridized carbons (Fsp3) is 0.476. The van der Waals surface area contributed by atoms with E-state index >= 15 is 0 Å². The Kier molecular flexibility index (Phi) is 4.53. The number of allylic oxidation sites excluding steroid dienone is 2. The smallest absolute Gasteiger partial charge is 0.415 e. The zero-order chi connectivity index (χ0) is 17.3. The molecule has 1 aromatic carbocycles. The van der Waals surface area contributed by atoms with Crippen LogP contribution in [0, 0.1) is 5.92 Å².